The molecule has 7 heteroatoms. The van der Waals surface area contributed by atoms with Crippen molar-refractivity contribution in [2.75, 3.05) is 13.7 Å². The minimum absolute atomic E-state index is 0.173. The topological polar surface area (TPSA) is 105 Å². The van der Waals surface area contributed by atoms with Gasteiger partial charge in [0.15, 0.2) is 0 Å². The van der Waals surface area contributed by atoms with Crippen LogP contribution in [0.25, 0.3) is 0 Å². The third kappa shape index (κ3) is 2.15. The number of hydrogen-bond donors (Lipinski definition) is 3. The van der Waals surface area contributed by atoms with E-state index < -0.39 is 29.5 Å². The summed E-state index contributed by atoms with van der Waals surface area (Å²) >= 11 is 0. The van der Waals surface area contributed by atoms with E-state index in [9.17, 15) is 19.8 Å². The first-order valence-corrected chi connectivity index (χ1v) is 5.41. The first-order chi connectivity index (χ1) is 8.54. The van der Waals surface area contributed by atoms with Gasteiger partial charge in [0.05, 0.1) is 12.6 Å². The van der Waals surface area contributed by atoms with Crippen molar-refractivity contribution < 1.29 is 14.9 Å². The number of nitrogens with zero attached hydrogens (tertiary/aromatic N) is 1. The summed E-state index contributed by atoms with van der Waals surface area (Å²) in [4.78, 5) is 24.6. The van der Waals surface area contributed by atoms with Crippen molar-refractivity contribution in [2.45, 2.75) is 18.2 Å². The minimum atomic E-state index is -1.14. The summed E-state index contributed by atoms with van der Waals surface area (Å²) in [5, 5.41) is 19.7. The summed E-state index contributed by atoms with van der Waals surface area (Å²) in [5.74, 6) is 0. The van der Waals surface area contributed by atoms with Gasteiger partial charge in [-0.25, -0.2) is 4.79 Å². The number of H-pyrrole nitrogens is 1. The van der Waals surface area contributed by atoms with Gasteiger partial charge in [0, 0.05) is 19.4 Å². The Bertz CT molecular complexity index is 573. The van der Waals surface area contributed by atoms with Crippen molar-refractivity contribution >= 4 is 0 Å². The van der Waals surface area contributed by atoms with Gasteiger partial charge in [0.2, 0.25) is 0 Å². The summed E-state index contributed by atoms with van der Waals surface area (Å²) < 4.78 is 6.06. The number of rotatable bonds is 3. The number of hydrogen-bond acceptors (Lipinski definition) is 5. The van der Waals surface area contributed by atoms with E-state index in [2.05, 4.69) is 4.98 Å². The van der Waals surface area contributed by atoms with E-state index >= 15 is 0 Å². The second-order valence-corrected chi connectivity index (χ2v) is 4.12. The van der Waals surface area contributed by atoms with Gasteiger partial charge in [-0.05, 0) is 5.57 Å². The van der Waals surface area contributed by atoms with Gasteiger partial charge in [0.25, 0.3) is 5.56 Å². The summed E-state index contributed by atoms with van der Waals surface area (Å²) in [6.07, 6.45) is 0.638. The molecule has 3 unspecified atom stereocenters. The molecule has 2 rings (SSSR count). The molecule has 0 spiro atoms. The number of aliphatic hydroxyl groups excluding tert-OH is 2. The Labute approximate surface area is 102 Å². The molecule has 1 aromatic rings. The predicted octanol–water partition coefficient (Wildman–Crippen LogP) is -1.61. The number of nitrogens with one attached hydrogen (secondary N) is 1. The highest BCUT2D eigenvalue weighted by atomic mass is 16.5. The average Bonchev–Trinajstić information content (AvgIpc) is 2.58. The number of ether oxygens (including phenoxy) is 1. The van der Waals surface area contributed by atoms with E-state index in [1.54, 1.807) is 6.08 Å². The van der Waals surface area contributed by atoms with Crippen LogP contribution < -0.4 is 11.2 Å². The van der Waals surface area contributed by atoms with Crippen molar-refractivity contribution in [1.82, 2.24) is 9.55 Å². The monoisotopic (exact) mass is 254 g/mol. The van der Waals surface area contributed by atoms with Gasteiger partial charge in [-0.2, -0.15) is 0 Å². The SMILES string of the molecule is COCC1=CC(n2ccc(=O)[nH]c2=O)C(O)C1O. The Morgan fingerprint density at radius 3 is 2.78 bits per heavy atom. The summed E-state index contributed by atoms with van der Waals surface area (Å²) in [7, 11) is 1.47. The Morgan fingerprint density at radius 2 is 2.17 bits per heavy atom. The van der Waals surface area contributed by atoms with Crippen LogP contribution in [0.3, 0.4) is 0 Å². The zero-order valence-corrected chi connectivity index (χ0v) is 9.74. The third-order valence-electron chi connectivity index (χ3n) is 2.92. The molecule has 0 fully saturated rings. The van der Waals surface area contributed by atoms with E-state index in [0.29, 0.717) is 5.57 Å². The third-order valence-corrected chi connectivity index (χ3v) is 2.92. The Hall–Kier alpha value is -1.70. The maximum Gasteiger partial charge on any atom is 0.328 e. The lowest BCUT2D eigenvalue weighted by atomic mass is 10.1. The van der Waals surface area contributed by atoms with Crippen molar-refractivity contribution in [3.63, 3.8) is 0 Å². The van der Waals surface area contributed by atoms with E-state index in [4.69, 9.17) is 4.74 Å². The molecule has 1 aliphatic rings. The zero-order chi connectivity index (χ0) is 13.3. The van der Waals surface area contributed by atoms with Gasteiger partial charge in [-0.1, -0.05) is 6.08 Å². The molecule has 1 heterocycles. The van der Waals surface area contributed by atoms with Crippen molar-refractivity contribution in [1.29, 1.82) is 0 Å². The molecule has 1 aliphatic carbocycles. The predicted molar refractivity (Wildman–Crippen MR) is 62.3 cm³/mol. The molecular weight excluding hydrogens is 240 g/mol. The fourth-order valence-electron chi connectivity index (χ4n) is 2.03. The van der Waals surface area contributed by atoms with Crippen molar-refractivity contribution in [3.8, 4) is 0 Å². The number of aliphatic hydroxyl groups is 2. The van der Waals surface area contributed by atoms with Gasteiger partial charge >= 0.3 is 5.69 Å². The Morgan fingerprint density at radius 1 is 1.44 bits per heavy atom. The second kappa shape index (κ2) is 4.89. The van der Waals surface area contributed by atoms with Crippen LogP contribution in [0.2, 0.25) is 0 Å². The lowest BCUT2D eigenvalue weighted by molar-refractivity contribution is 0.0254. The fourth-order valence-corrected chi connectivity index (χ4v) is 2.03. The van der Waals surface area contributed by atoms with Crippen molar-refractivity contribution in [2.24, 2.45) is 0 Å². The molecule has 1 aromatic heterocycles. The molecule has 0 saturated heterocycles. The van der Waals surface area contributed by atoms with Crippen LogP contribution in [-0.4, -0.2) is 45.7 Å². The highest BCUT2D eigenvalue weighted by Crippen LogP contribution is 2.28. The number of methoxy groups -OCH3 is 1. The van der Waals surface area contributed by atoms with E-state index in [-0.39, 0.29) is 6.61 Å². The largest absolute Gasteiger partial charge is 0.388 e. The first-order valence-electron chi connectivity index (χ1n) is 5.41. The molecule has 0 bridgehead atoms. The molecule has 0 aliphatic heterocycles. The maximum atomic E-state index is 11.6. The summed E-state index contributed by atoms with van der Waals surface area (Å²) in [5.41, 5.74) is -0.632. The lowest BCUT2D eigenvalue weighted by Gasteiger charge is -2.18. The summed E-state index contributed by atoms with van der Waals surface area (Å²) in [6, 6.07) is 0.470. The molecule has 0 radical (unpaired) electrons. The van der Waals surface area contributed by atoms with Gasteiger partial charge in [0.1, 0.15) is 12.2 Å². The molecule has 98 valence electrons. The lowest BCUT2D eigenvalue weighted by Crippen LogP contribution is -2.37. The van der Waals surface area contributed by atoms with Gasteiger partial charge in [-0.3, -0.25) is 14.3 Å². The Balaban J connectivity index is 2.39. The Kier molecular flexibility index (Phi) is 3.46. The number of aromatic nitrogens is 2. The van der Waals surface area contributed by atoms with Gasteiger partial charge in [-0.15, -0.1) is 0 Å². The normalized spacial score (nSPS) is 27.3. The standard InChI is InChI=1S/C11H14N2O5/c1-18-5-6-4-7(10(16)9(6)15)13-3-2-8(14)12-11(13)17/h2-4,7,9-10,15-16H,5H2,1H3,(H,12,14,17). The van der Waals surface area contributed by atoms with Crippen LogP contribution in [0.1, 0.15) is 6.04 Å². The van der Waals surface area contributed by atoms with Crippen LogP contribution >= 0.6 is 0 Å². The van der Waals surface area contributed by atoms with Crippen LogP contribution in [0.4, 0.5) is 0 Å². The fraction of sp³-hybridized carbons (Fsp3) is 0.455. The number of aromatic amines is 1. The average molecular weight is 254 g/mol. The smallest absolute Gasteiger partial charge is 0.328 e. The van der Waals surface area contributed by atoms with Crippen LogP contribution in [0.5, 0.6) is 0 Å². The maximum absolute atomic E-state index is 11.6. The zero-order valence-electron chi connectivity index (χ0n) is 9.74. The molecular formula is C11H14N2O5. The highest BCUT2D eigenvalue weighted by Gasteiger charge is 2.35. The molecule has 3 atom stereocenters. The molecule has 0 saturated carbocycles. The van der Waals surface area contributed by atoms with Crippen molar-refractivity contribution in [3.05, 3.63) is 44.8 Å². The van der Waals surface area contributed by atoms with Crippen LogP contribution in [0.15, 0.2) is 33.5 Å². The van der Waals surface area contributed by atoms with Crippen LogP contribution in [0, 0.1) is 0 Å². The van der Waals surface area contributed by atoms with Gasteiger partial charge < -0.3 is 14.9 Å². The van der Waals surface area contributed by atoms with E-state index in [1.165, 1.54) is 19.4 Å². The minimum Gasteiger partial charge on any atom is -0.388 e. The molecule has 0 aromatic carbocycles. The van der Waals surface area contributed by atoms with E-state index in [1.807, 2.05) is 0 Å². The van der Waals surface area contributed by atoms with Crippen LogP contribution in [-0.2, 0) is 4.74 Å². The summed E-state index contributed by atoms with van der Waals surface area (Å²) in [6.45, 7) is 0.173. The highest BCUT2D eigenvalue weighted by molar-refractivity contribution is 5.23. The molecule has 18 heavy (non-hydrogen) atoms. The first kappa shape index (κ1) is 12.7. The molecule has 3 N–H and O–H groups in total. The van der Waals surface area contributed by atoms with E-state index in [0.717, 1.165) is 4.57 Å². The molecule has 7 nitrogen and oxygen atoms in total. The second-order valence-electron chi connectivity index (χ2n) is 4.12. The molecule has 0 amide bonds. The quantitative estimate of drug-likeness (QED) is 0.563.